The number of rotatable bonds is 3. The number of amides is 1. The smallest absolute Gasteiger partial charge is 0.289 e. The molecule has 1 heterocycles. The van der Waals surface area contributed by atoms with Crippen molar-refractivity contribution in [3.63, 3.8) is 0 Å². The van der Waals surface area contributed by atoms with Gasteiger partial charge in [0.2, 0.25) is 5.95 Å². The molecule has 6 nitrogen and oxygen atoms in total. The second kappa shape index (κ2) is 5.72. The van der Waals surface area contributed by atoms with Gasteiger partial charge in [-0.05, 0) is 34.9 Å². The summed E-state index contributed by atoms with van der Waals surface area (Å²) in [6, 6.07) is 2.94. The van der Waals surface area contributed by atoms with Gasteiger partial charge in [-0.15, -0.1) is 11.8 Å². The number of anilines is 1. The van der Waals surface area contributed by atoms with E-state index in [9.17, 15) is 18.0 Å². The lowest BCUT2D eigenvalue weighted by atomic mass is 10.1. The standard InChI is InChI=1S/C11H10F3N5OS/c1-19-10(16-17-18-19)15-9(20)7-4-3-6(11(12,13)14)5-8(7)21-2/h3-5H,1-2H3,(H,15,16,18,20). The molecule has 0 aliphatic rings. The Balaban J connectivity index is 2.31. The van der Waals surface area contributed by atoms with Gasteiger partial charge in [0, 0.05) is 11.9 Å². The molecule has 0 saturated carbocycles. The first kappa shape index (κ1) is 15.3. The van der Waals surface area contributed by atoms with Gasteiger partial charge in [-0.1, -0.05) is 5.10 Å². The maximum absolute atomic E-state index is 12.7. The SMILES string of the molecule is CSc1cc(C(F)(F)F)ccc1C(=O)Nc1nnnn1C. The molecule has 1 N–H and O–H groups in total. The van der Waals surface area contributed by atoms with Crippen molar-refractivity contribution in [1.82, 2.24) is 20.2 Å². The average Bonchev–Trinajstić information content (AvgIpc) is 2.82. The molecule has 10 heteroatoms. The largest absolute Gasteiger partial charge is 0.416 e. The predicted octanol–water partition coefficient (Wildman–Crippen LogP) is 2.20. The van der Waals surface area contributed by atoms with Crippen LogP contribution < -0.4 is 5.32 Å². The van der Waals surface area contributed by atoms with Crippen LogP contribution in [0.1, 0.15) is 15.9 Å². The van der Waals surface area contributed by atoms with Crippen LogP contribution in [0.3, 0.4) is 0 Å². The maximum atomic E-state index is 12.7. The molecule has 1 aromatic heterocycles. The van der Waals surface area contributed by atoms with Crippen LogP contribution in [0.25, 0.3) is 0 Å². The highest BCUT2D eigenvalue weighted by atomic mass is 32.2. The van der Waals surface area contributed by atoms with E-state index in [1.807, 2.05) is 0 Å². The van der Waals surface area contributed by atoms with Gasteiger partial charge in [-0.25, -0.2) is 4.68 Å². The van der Waals surface area contributed by atoms with Crippen LogP contribution >= 0.6 is 11.8 Å². The molecule has 112 valence electrons. The Morgan fingerprint density at radius 2 is 2.10 bits per heavy atom. The molecule has 0 spiro atoms. The van der Waals surface area contributed by atoms with E-state index in [0.717, 1.165) is 30.0 Å². The zero-order valence-corrected chi connectivity index (χ0v) is 11.8. The molecule has 0 fully saturated rings. The highest BCUT2D eigenvalue weighted by Crippen LogP contribution is 2.33. The Morgan fingerprint density at radius 3 is 2.62 bits per heavy atom. The number of thioether (sulfide) groups is 1. The summed E-state index contributed by atoms with van der Waals surface area (Å²) in [7, 11) is 1.53. The molecule has 0 aliphatic heterocycles. The van der Waals surface area contributed by atoms with Crippen molar-refractivity contribution in [3.8, 4) is 0 Å². The summed E-state index contributed by atoms with van der Waals surface area (Å²) in [4.78, 5) is 12.3. The molecule has 1 amide bonds. The topological polar surface area (TPSA) is 72.7 Å². The molecule has 0 saturated heterocycles. The minimum atomic E-state index is -4.45. The first-order valence-corrected chi connectivity index (χ1v) is 6.84. The van der Waals surface area contributed by atoms with E-state index >= 15 is 0 Å². The molecule has 21 heavy (non-hydrogen) atoms. The van der Waals surface area contributed by atoms with Crippen LogP contribution in [-0.4, -0.2) is 32.4 Å². The summed E-state index contributed by atoms with van der Waals surface area (Å²) in [5.74, 6) is -0.474. The first-order valence-electron chi connectivity index (χ1n) is 5.62. The Labute approximate surface area is 121 Å². The number of carbonyl (C=O) groups excluding carboxylic acids is 1. The van der Waals surface area contributed by atoms with E-state index in [-0.39, 0.29) is 16.4 Å². The number of aromatic nitrogens is 4. The van der Waals surface area contributed by atoms with Crippen LogP contribution in [0.4, 0.5) is 19.1 Å². The Hall–Kier alpha value is -2.10. The summed E-state index contributed by atoms with van der Waals surface area (Å²) in [5, 5.41) is 12.9. The minimum Gasteiger partial charge on any atom is -0.289 e. The van der Waals surface area contributed by atoms with Crippen molar-refractivity contribution in [3.05, 3.63) is 29.3 Å². The fourth-order valence-electron chi connectivity index (χ4n) is 1.56. The van der Waals surface area contributed by atoms with Gasteiger partial charge >= 0.3 is 6.18 Å². The van der Waals surface area contributed by atoms with Gasteiger partial charge < -0.3 is 0 Å². The highest BCUT2D eigenvalue weighted by Gasteiger charge is 2.31. The predicted molar refractivity (Wildman–Crippen MR) is 70.0 cm³/mol. The molecule has 0 bridgehead atoms. The third-order valence-electron chi connectivity index (χ3n) is 2.62. The van der Waals surface area contributed by atoms with E-state index < -0.39 is 17.6 Å². The quantitative estimate of drug-likeness (QED) is 0.879. The van der Waals surface area contributed by atoms with E-state index in [2.05, 4.69) is 20.8 Å². The Morgan fingerprint density at radius 1 is 1.38 bits per heavy atom. The number of carbonyl (C=O) groups is 1. The second-order valence-corrected chi connectivity index (χ2v) is 4.84. The molecular formula is C11H10F3N5OS. The minimum absolute atomic E-state index is 0.104. The molecule has 1 aromatic carbocycles. The molecule has 0 atom stereocenters. The number of nitrogens with one attached hydrogen (secondary N) is 1. The lowest BCUT2D eigenvalue weighted by molar-refractivity contribution is -0.137. The monoisotopic (exact) mass is 317 g/mol. The summed E-state index contributed by atoms with van der Waals surface area (Å²) in [6.45, 7) is 0. The third-order valence-corrected chi connectivity index (χ3v) is 3.40. The summed E-state index contributed by atoms with van der Waals surface area (Å²) < 4.78 is 39.2. The van der Waals surface area contributed by atoms with E-state index in [0.29, 0.717) is 0 Å². The van der Waals surface area contributed by atoms with Gasteiger partial charge in [-0.2, -0.15) is 13.2 Å². The fourth-order valence-corrected chi connectivity index (χ4v) is 2.18. The molecule has 0 aliphatic carbocycles. The summed E-state index contributed by atoms with van der Waals surface area (Å²) >= 11 is 1.05. The number of tetrazole rings is 1. The third kappa shape index (κ3) is 3.32. The van der Waals surface area contributed by atoms with Crippen molar-refractivity contribution < 1.29 is 18.0 Å². The van der Waals surface area contributed by atoms with Gasteiger partial charge in [0.15, 0.2) is 0 Å². The molecule has 0 unspecified atom stereocenters. The second-order valence-electron chi connectivity index (χ2n) is 3.99. The lowest BCUT2D eigenvalue weighted by Crippen LogP contribution is -2.17. The fraction of sp³-hybridized carbons (Fsp3) is 0.273. The lowest BCUT2D eigenvalue weighted by Gasteiger charge is -2.11. The number of hydrogen-bond donors (Lipinski definition) is 1. The molecule has 2 aromatic rings. The number of alkyl halides is 3. The van der Waals surface area contributed by atoms with Crippen molar-refractivity contribution in [2.75, 3.05) is 11.6 Å². The maximum Gasteiger partial charge on any atom is 0.416 e. The number of nitrogens with zero attached hydrogens (tertiary/aromatic N) is 4. The van der Waals surface area contributed by atoms with Crippen LogP contribution in [0, 0.1) is 0 Å². The van der Waals surface area contributed by atoms with E-state index in [4.69, 9.17) is 0 Å². The van der Waals surface area contributed by atoms with E-state index in [1.165, 1.54) is 11.7 Å². The van der Waals surface area contributed by atoms with Gasteiger partial charge in [0.25, 0.3) is 5.91 Å². The van der Waals surface area contributed by atoms with Gasteiger partial charge in [0.1, 0.15) is 0 Å². The summed E-state index contributed by atoms with van der Waals surface area (Å²) in [5.41, 5.74) is -0.678. The van der Waals surface area contributed by atoms with Crippen LogP contribution in [0.15, 0.2) is 23.1 Å². The number of aryl methyl sites for hydroxylation is 1. The molecule has 2 rings (SSSR count). The zero-order chi connectivity index (χ0) is 15.6. The van der Waals surface area contributed by atoms with Crippen LogP contribution in [-0.2, 0) is 13.2 Å². The van der Waals surface area contributed by atoms with Crippen LogP contribution in [0.5, 0.6) is 0 Å². The van der Waals surface area contributed by atoms with Crippen molar-refractivity contribution in [1.29, 1.82) is 0 Å². The van der Waals surface area contributed by atoms with Crippen molar-refractivity contribution in [2.24, 2.45) is 7.05 Å². The van der Waals surface area contributed by atoms with Crippen molar-refractivity contribution >= 4 is 23.6 Å². The average molecular weight is 317 g/mol. The Kier molecular flexibility index (Phi) is 4.16. The normalized spacial score (nSPS) is 11.5. The first-order chi connectivity index (χ1) is 9.82. The number of halogens is 3. The van der Waals surface area contributed by atoms with Crippen LogP contribution in [0.2, 0.25) is 0 Å². The summed E-state index contributed by atoms with van der Waals surface area (Å²) in [6.07, 6.45) is -2.86. The number of hydrogen-bond acceptors (Lipinski definition) is 5. The highest BCUT2D eigenvalue weighted by molar-refractivity contribution is 7.98. The molecule has 0 radical (unpaired) electrons. The number of benzene rings is 1. The zero-order valence-electron chi connectivity index (χ0n) is 11.0. The Bertz CT molecular complexity index is 670. The molecular weight excluding hydrogens is 307 g/mol. The van der Waals surface area contributed by atoms with Crippen molar-refractivity contribution in [2.45, 2.75) is 11.1 Å². The van der Waals surface area contributed by atoms with Gasteiger partial charge in [-0.3, -0.25) is 10.1 Å². The van der Waals surface area contributed by atoms with E-state index in [1.54, 1.807) is 6.26 Å². The van der Waals surface area contributed by atoms with Gasteiger partial charge in [0.05, 0.1) is 11.1 Å².